The fraction of sp³-hybridized carbons (Fsp3) is 0.364. The number of carbonyl (C=O) groups is 1. The van der Waals surface area contributed by atoms with E-state index in [1.807, 2.05) is 11.8 Å². The van der Waals surface area contributed by atoms with E-state index in [2.05, 4.69) is 36.5 Å². The average molecular weight is 209 g/mol. The Kier molecular flexibility index (Phi) is 5.33. The van der Waals surface area contributed by atoms with Gasteiger partial charge in [-0.05, 0) is 23.4 Å². The summed E-state index contributed by atoms with van der Waals surface area (Å²) in [5.74, 6) is 1.10. The Labute approximate surface area is 89.1 Å². The Morgan fingerprint density at radius 2 is 2.07 bits per heavy atom. The first-order chi connectivity index (χ1) is 6.86. The molecule has 1 N–H and O–H groups in total. The van der Waals surface area contributed by atoms with E-state index in [0.717, 1.165) is 18.6 Å². The van der Waals surface area contributed by atoms with Gasteiger partial charge in [-0.2, -0.15) is 0 Å². The van der Waals surface area contributed by atoms with Gasteiger partial charge in [0.1, 0.15) is 6.29 Å². The van der Waals surface area contributed by atoms with Crippen molar-refractivity contribution in [3.63, 3.8) is 0 Å². The Balaban J connectivity index is 2.42. The van der Waals surface area contributed by atoms with Crippen LogP contribution in [-0.2, 0) is 11.3 Å². The summed E-state index contributed by atoms with van der Waals surface area (Å²) in [6.07, 6.45) is 0.876. The first kappa shape index (κ1) is 11.3. The molecule has 0 aliphatic heterocycles. The molecule has 0 aliphatic rings. The van der Waals surface area contributed by atoms with Gasteiger partial charge < -0.3 is 10.1 Å². The predicted molar refractivity (Wildman–Crippen MR) is 60.6 cm³/mol. The molecule has 0 saturated carbocycles. The number of aldehydes is 1. The SMILES string of the molecule is CCSc1ccc(CNCC=O)cc1. The number of rotatable bonds is 6. The van der Waals surface area contributed by atoms with Gasteiger partial charge in [-0.1, -0.05) is 19.1 Å². The minimum absolute atomic E-state index is 0.422. The summed E-state index contributed by atoms with van der Waals surface area (Å²) >= 11 is 1.84. The highest BCUT2D eigenvalue weighted by Crippen LogP contribution is 2.17. The Morgan fingerprint density at radius 1 is 1.36 bits per heavy atom. The summed E-state index contributed by atoms with van der Waals surface area (Å²) in [4.78, 5) is 11.4. The molecule has 0 unspecified atom stereocenters. The maximum absolute atomic E-state index is 10.1. The molecular formula is C11H15NOS. The quantitative estimate of drug-likeness (QED) is 0.442. The zero-order valence-corrected chi connectivity index (χ0v) is 9.14. The zero-order valence-electron chi connectivity index (χ0n) is 8.32. The summed E-state index contributed by atoms with van der Waals surface area (Å²) in [7, 11) is 0. The van der Waals surface area contributed by atoms with E-state index in [1.54, 1.807) is 0 Å². The lowest BCUT2D eigenvalue weighted by molar-refractivity contribution is -0.107. The fourth-order valence-corrected chi connectivity index (χ4v) is 1.81. The van der Waals surface area contributed by atoms with Gasteiger partial charge in [0.2, 0.25) is 0 Å². The summed E-state index contributed by atoms with van der Waals surface area (Å²) in [5.41, 5.74) is 1.22. The van der Waals surface area contributed by atoms with Gasteiger partial charge >= 0.3 is 0 Å². The molecule has 3 heteroatoms. The first-order valence-corrected chi connectivity index (χ1v) is 5.71. The highest BCUT2D eigenvalue weighted by Gasteiger charge is 1.93. The maximum Gasteiger partial charge on any atom is 0.133 e. The topological polar surface area (TPSA) is 29.1 Å². The number of carbonyl (C=O) groups excluding carboxylic acids is 1. The van der Waals surface area contributed by atoms with Crippen LogP contribution in [0.2, 0.25) is 0 Å². The van der Waals surface area contributed by atoms with Crippen LogP contribution >= 0.6 is 11.8 Å². The normalized spacial score (nSPS) is 10.1. The van der Waals surface area contributed by atoms with Gasteiger partial charge in [0.05, 0.1) is 6.54 Å². The van der Waals surface area contributed by atoms with Crippen LogP contribution in [0.15, 0.2) is 29.2 Å². The van der Waals surface area contributed by atoms with E-state index in [0.29, 0.717) is 6.54 Å². The molecule has 0 atom stereocenters. The lowest BCUT2D eigenvalue weighted by atomic mass is 10.2. The van der Waals surface area contributed by atoms with E-state index in [9.17, 15) is 4.79 Å². The van der Waals surface area contributed by atoms with Crippen LogP contribution in [0.4, 0.5) is 0 Å². The smallest absolute Gasteiger partial charge is 0.133 e. The van der Waals surface area contributed by atoms with Gasteiger partial charge in [-0.15, -0.1) is 11.8 Å². The van der Waals surface area contributed by atoms with Crippen LogP contribution in [0.3, 0.4) is 0 Å². The van der Waals surface area contributed by atoms with Crippen molar-refractivity contribution in [2.75, 3.05) is 12.3 Å². The third-order valence-electron chi connectivity index (χ3n) is 1.79. The summed E-state index contributed by atoms with van der Waals surface area (Å²) in [6, 6.07) is 8.42. The lowest BCUT2D eigenvalue weighted by Gasteiger charge is -2.02. The van der Waals surface area contributed by atoms with Crippen molar-refractivity contribution in [3.05, 3.63) is 29.8 Å². The second-order valence-electron chi connectivity index (χ2n) is 2.87. The highest BCUT2D eigenvalue weighted by molar-refractivity contribution is 7.99. The van der Waals surface area contributed by atoms with Crippen molar-refractivity contribution >= 4 is 18.0 Å². The largest absolute Gasteiger partial charge is 0.306 e. The molecule has 0 spiro atoms. The third kappa shape index (κ3) is 3.94. The molecule has 0 radical (unpaired) electrons. The summed E-state index contributed by atoms with van der Waals surface area (Å²) < 4.78 is 0. The van der Waals surface area contributed by atoms with Crippen molar-refractivity contribution in [1.29, 1.82) is 0 Å². The number of benzene rings is 1. The minimum atomic E-state index is 0.422. The molecule has 1 aromatic rings. The van der Waals surface area contributed by atoms with Crippen molar-refractivity contribution in [2.45, 2.75) is 18.4 Å². The molecule has 76 valence electrons. The molecule has 2 nitrogen and oxygen atoms in total. The third-order valence-corrected chi connectivity index (χ3v) is 2.69. The van der Waals surface area contributed by atoms with E-state index in [4.69, 9.17) is 0 Å². The maximum atomic E-state index is 10.1. The van der Waals surface area contributed by atoms with Crippen LogP contribution in [-0.4, -0.2) is 18.6 Å². The van der Waals surface area contributed by atoms with Crippen molar-refractivity contribution < 1.29 is 4.79 Å². The number of nitrogens with one attached hydrogen (secondary N) is 1. The molecule has 0 aromatic heterocycles. The molecule has 0 bridgehead atoms. The van der Waals surface area contributed by atoms with Gasteiger partial charge in [-0.3, -0.25) is 0 Å². The van der Waals surface area contributed by atoms with Crippen molar-refractivity contribution in [2.24, 2.45) is 0 Å². The van der Waals surface area contributed by atoms with Crippen LogP contribution in [0, 0.1) is 0 Å². The molecule has 0 saturated heterocycles. The Bertz CT molecular complexity index is 271. The number of thioether (sulfide) groups is 1. The second kappa shape index (κ2) is 6.62. The second-order valence-corrected chi connectivity index (χ2v) is 4.21. The van der Waals surface area contributed by atoms with Crippen LogP contribution in [0.5, 0.6) is 0 Å². The van der Waals surface area contributed by atoms with Gasteiger partial charge in [-0.25, -0.2) is 0 Å². The first-order valence-electron chi connectivity index (χ1n) is 4.73. The molecule has 1 aromatic carbocycles. The molecular weight excluding hydrogens is 194 g/mol. The predicted octanol–water partition coefficient (Wildman–Crippen LogP) is 2.09. The van der Waals surface area contributed by atoms with E-state index in [1.165, 1.54) is 10.5 Å². The molecule has 0 aliphatic carbocycles. The number of hydrogen-bond donors (Lipinski definition) is 1. The standard InChI is InChI=1S/C11H15NOS/c1-2-14-11-5-3-10(4-6-11)9-12-7-8-13/h3-6,8,12H,2,7,9H2,1H3. The van der Waals surface area contributed by atoms with Crippen LogP contribution in [0.1, 0.15) is 12.5 Å². The zero-order chi connectivity index (χ0) is 10.2. The Hall–Kier alpha value is -0.800. The van der Waals surface area contributed by atoms with E-state index < -0.39 is 0 Å². The van der Waals surface area contributed by atoms with Crippen molar-refractivity contribution in [3.8, 4) is 0 Å². The number of hydrogen-bond acceptors (Lipinski definition) is 3. The molecule has 1 rings (SSSR count). The van der Waals surface area contributed by atoms with Gasteiger partial charge in [0.25, 0.3) is 0 Å². The van der Waals surface area contributed by atoms with Gasteiger partial charge in [0.15, 0.2) is 0 Å². The fourth-order valence-electron chi connectivity index (χ4n) is 1.15. The molecule has 0 amide bonds. The van der Waals surface area contributed by atoms with E-state index >= 15 is 0 Å². The Morgan fingerprint density at radius 3 is 2.64 bits per heavy atom. The van der Waals surface area contributed by atoms with Crippen LogP contribution < -0.4 is 5.32 Å². The monoisotopic (exact) mass is 209 g/mol. The lowest BCUT2D eigenvalue weighted by Crippen LogP contribution is -2.15. The van der Waals surface area contributed by atoms with Gasteiger partial charge in [0, 0.05) is 11.4 Å². The van der Waals surface area contributed by atoms with E-state index in [-0.39, 0.29) is 0 Å². The average Bonchev–Trinajstić information content (AvgIpc) is 2.21. The molecule has 0 fully saturated rings. The summed E-state index contributed by atoms with van der Waals surface area (Å²) in [5, 5.41) is 3.03. The minimum Gasteiger partial charge on any atom is -0.306 e. The molecule has 14 heavy (non-hydrogen) atoms. The summed E-state index contributed by atoms with van der Waals surface area (Å²) in [6.45, 7) is 3.32. The highest BCUT2D eigenvalue weighted by atomic mass is 32.2. The van der Waals surface area contributed by atoms with Crippen LogP contribution in [0.25, 0.3) is 0 Å². The van der Waals surface area contributed by atoms with Crippen molar-refractivity contribution in [1.82, 2.24) is 5.32 Å². The molecule has 0 heterocycles.